The molecule has 1 aromatic rings. The SMILES string of the molecule is CN(c1ccc(S(=O)(=O)N2CCOCC2)cc1[N+](=O)[O-])C1CCCCC1. The van der Waals surface area contributed by atoms with E-state index in [1.807, 2.05) is 11.9 Å². The second-order valence-corrected chi connectivity index (χ2v) is 8.76. The Balaban J connectivity index is 1.92. The van der Waals surface area contributed by atoms with Gasteiger partial charge >= 0.3 is 0 Å². The van der Waals surface area contributed by atoms with Crippen LogP contribution in [0.25, 0.3) is 0 Å². The number of sulfonamides is 1. The van der Waals surface area contributed by atoms with Crippen LogP contribution in [-0.4, -0.2) is 57.0 Å². The highest BCUT2D eigenvalue weighted by atomic mass is 32.2. The summed E-state index contributed by atoms with van der Waals surface area (Å²) in [7, 11) is -1.90. The van der Waals surface area contributed by atoms with E-state index < -0.39 is 14.9 Å². The fourth-order valence-corrected chi connectivity index (χ4v) is 5.14. The van der Waals surface area contributed by atoms with Crippen molar-refractivity contribution in [1.82, 2.24) is 4.31 Å². The van der Waals surface area contributed by atoms with Gasteiger partial charge in [0.25, 0.3) is 5.69 Å². The first-order valence-electron chi connectivity index (χ1n) is 9.00. The van der Waals surface area contributed by atoms with Crippen LogP contribution >= 0.6 is 0 Å². The van der Waals surface area contributed by atoms with E-state index in [0.717, 1.165) is 25.7 Å². The number of hydrogen-bond acceptors (Lipinski definition) is 6. The van der Waals surface area contributed by atoms with E-state index in [1.54, 1.807) is 6.07 Å². The Labute approximate surface area is 153 Å². The Morgan fingerprint density at radius 3 is 2.46 bits per heavy atom. The summed E-state index contributed by atoms with van der Waals surface area (Å²) in [5, 5.41) is 11.6. The molecule has 8 nitrogen and oxygen atoms in total. The second-order valence-electron chi connectivity index (χ2n) is 6.83. The molecule has 1 aliphatic carbocycles. The first-order valence-corrected chi connectivity index (χ1v) is 10.4. The largest absolute Gasteiger partial charge is 0.379 e. The van der Waals surface area contributed by atoms with E-state index in [9.17, 15) is 18.5 Å². The minimum Gasteiger partial charge on any atom is -0.379 e. The minimum atomic E-state index is -3.76. The highest BCUT2D eigenvalue weighted by molar-refractivity contribution is 7.89. The highest BCUT2D eigenvalue weighted by Crippen LogP contribution is 2.35. The van der Waals surface area contributed by atoms with Crippen molar-refractivity contribution in [2.75, 3.05) is 38.3 Å². The van der Waals surface area contributed by atoms with Crippen LogP contribution in [0.3, 0.4) is 0 Å². The monoisotopic (exact) mass is 383 g/mol. The molecule has 0 bridgehead atoms. The fraction of sp³-hybridized carbons (Fsp3) is 0.647. The number of nitro groups is 1. The fourth-order valence-electron chi connectivity index (χ4n) is 3.71. The zero-order valence-electron chi connectivity index (χ0n) is 15.0. The van der Waals surface area contributed by atoms with Gasteiger partial charge in [0.1, 0.15) is 5.69 Å². The summed E-state index contributed by atoms with van der Waals surface area (Å²) >= 11 is 0. The lowest BCUT2D eigenvalue weighted by Crippen LogP contribution is -2.40. The zero-order chi connectivity index (χ0) is 18.7. The Morgan fingerprint density at radius 1 is 1.19 bits per heavy atom. The van der Waals surface area contributed by atoms with Gasteiger partial charge in [0.05, 0.1) is 23.0 Å². The molecule has 0 N–H and O–H groups in total. The highest BCUT2D eigenvalue weighted by Gasteiger charge is 2.30. The molecule has 0 radical (unpaired) electrons. The molecule has 0 aromatic heterocycles. The smallest absolute Gasteiger partial charge is 0.293 e. The Morgan fingerprint density at radius 2 is 1.85 bits per heavy atom. The minimum absolute atomic E-state index is 0.0353. The summed E-state index contributed by atoms with van der Waals surface area (Å²) in [4.78, 5) is 13.0. The van der Waals surface area contributed by atoms with Crippen molar-refractivity contribution >= 4 is 21.4 Å². The number of hydrogen-bond donors (Lipinski definition) is 0. The van der Waals surface area contributed by atoms with Gasteiger partial charge < -0.3 is 9.64 Å². The Hall–Kier alpha value is -1.71. The van der Waals surface area contributed by atoms with E-state index >= 15 is 0 Å². The van der Waals surface area contributed by atoms with Crippen molar-refractivity contribution in [2.24, 2.45) is 0 Å². The van der Waals surface area contributed by atoms with Crippen LogP contribution < -0.4 is 4.90 Å². The van der Waals surface area contributed by atoms with Crippen LogP contribution in [0.15, 0.2) is 23.1 Å². The van der Waals surface area contributed by atoms with Crippen LogP contribution in [0.4, 0.5) is 11.4 Å². The predicted octanol–water partition coefficient (Wildman–Crippen LogP) is 2.38. The van der Waals surface area contributed by atoms with Crippen LogP contribution in [0, 0.1) is 10.1 Å². The quantitative estimate of drug-likeness (QED) is 0.572. The van der Waals surface area contributed by atoms with Crippen molar-refractivity contribution in [3.8, 4) is 0 Å². The molecule has 26 heavy (non-hydrogen) atoms. The van der Waals surface area contributed by atoms with Crippen molar-refractivity contribution in [2.45, 2.75) is 43.0 Å². The predicted molar refractivity (Wildman–Crippen MR) is 98.0 cm³/mol. The summed E-state index contributed by atoms with van der Waals surface area (Å²) in [5.41, 5.74) is 0.315. The lowest BCUT2D eigenvalue weighted by atomic mass is 9.94. The zero-order valence-corrected chi connectivity index (χ0v) is 15.8. The first kappa shape index (κ1) is 19.1. The van der Waals surface area contributed by atoms with Crippen molar-refractivity contribution in [3.05, 3.63) is 28.3 Å². The van der Waals surface area contributed by atoms with Crippen molar-refractivity contribution in [1.29, 1.82) is 0 Å². The number of nitrogens with zero attached hydrogens (tertiary/aromatic N) is 3. The van der Waals surface area contributed by atoms with Gasteiger partial charge in [0.2, 0.25) is 10.0 Å². The van der Waals surface area contributed by atoms with Crippen LogP contribution in [0.1, 0.15) is 32.1 Å². The molecule has 144 valence electrons. The maximum absolute atomic E-state index is 12.8. The molecule has 1 saturated carbocycles. The van der Waals surface area contributed by atoms with Gasteiger partial charge in [-0.3, -0.25) is 10.1 Å². The van der Waals surface area contributed by atoms with Gasteiger partial charge in [-0.1, -0.05) is 19.3 Å². The van der Waals surface area contributed by atoms with E-state index in [1.165, 1.54) is 22.9 Å². The van der Waals surface area contributed by atoms with Crippen LogP contribution in [-0.2, 0) is 14.8 Å². The topological polar surface area (TPSA) is 93.0 Å². The molecule has 1 aliphatic heterocycles. The van der Waals surface area contributed by atoms with E-state index in [2.05, 4.69) is 0 Å². The van der Waals surface area contributed by atoms with Gasteiger partial charge in [-0.15, -0.1) is 0 Å². The molecule has 1 aromatic carbocycles. The van der Waals surface area contributed by atoms with Gasteiger partial charge in [-0.2, -0.15) is 4.31 Å². The molecule has 1 saturated heterocycles. The third-order valence-electron chi connectivity index (χ3n) is 5.25. The maximum atomic E-state index is 12.8. The molecule has 2 aliphatic rings. The van der Waals surface area contributed by atoms with Crippen molar-refractivity contribution < 1.29 is 18.1 Å². The molecular weight excluding hydrogens is 358 g/mol. The molecule has 1 heterocycles. The third kappa shape index (κ3) is 3.84. The van der Waals surface area contributed by atoms with E-state index in [4.69, 9.17) is 4.74 Å². The lowest BCUT2D eigenvalue weighted by molar-refractivity contribution is -0.384. The number of benzene rings is 1. The summed E-state index contributed by atoms with van der Waals surface area (Å²) < 4.78 is 32.1. The number of anilines is 1. The molecule has 3 rings (SSSR count). The van der Waals surface area contributed by atoms with Gasteiger partial charge in [-0.25, -0.2) is 8.42 Å². The summed E-state index contributed by atoms with van der Waals surface area (Å²) in [5.74, 6) is 0. The molecule has 0 amide bonds. The third-order valence-corrected chi connectivity index (χ3v) is 7.15. The summed E-state index contributed by atoms with van der Waals surface area (Å²) in [6.07, 6.45) is 5.44. The average molecular weight is 383 g/mol. The standard InChI is InChI=1S/C17H25N3O5S/c1-18(14-5-3-2-4-6-14)16-8-7-15(13-17(16)20(21)22)26(23,24)19-9-11-25-12-10-19/h7-8,13-14H,2-6,9-12H2,1H3. The van der Waals surface area contributed by atoms with Crippen LogP contribution in [0.5, 0.6) is 0 Å². The molecule has 9 heteroatoms. The maximum Gasteiger partial charge on any atom is 0.293 e. The number of nitro benzene ring substituents is 1. The lowest BCUT2D eigenvalue weighted by Gasteiger charge is -2.32. The molecule has 0 unspecified atom stereocenters. The molecule has 0 atom stereocenters. The molecular formula is C17H25N3O5S. The Bertz CT molecular complexity index is 756. The second kappa shape index (κ2) is 7.89. The number of rotatable bonds is 5. The Kier molecular flexibility index (Phi) is 5.79. The molecule has 0 spiro atoms. The van der Waals surface area contributed by atoms with Gasteiger partial charge in [-0.05, 0) is 25.0 Å². The van der Waals surface area contributed by atoms with Gasteiger partial charge in [0, 0.05) is 32.2 Å². The molecule has 2 fully saturated rings. The van der Waals surface area contributed by atoms with Crippen LogP contribution in [0.2, 0.25) is 0 Å². The van der Waals surface area contributed by atoms with E-state index in [0.29, 0.717) is 18.9 Å². The van der Waals surface area contributed by atoms with Gasteiger partial charge in [0.15, 0.2) is 0 Å². The number of morpholine rings is 1. The van der Waals surface area contributed by atoms with E-state index in [-0.39, 0.29) is 29.7 Å². The summed E-state index contributed by atoms with van der Waals surface area (Å²) in [6.45, 7) is 1.20. The van der Waals surface area contributed by atoms with Crippen molar-refractivity contribution in [3.63, 3.8) is 0 Å². The first-order chi connectivity index (χ1) is 12.4. The number of ether oxygens (including phenoxy) is 1. The normalized spacial score (nSPS) is 20.0. The summed E-state index contributed by atoms with van der Waals surface area (Å²) in [6, 6.07) is 4.50. The average Bonchev–Trinajstić information content (AvgIpc) is 2.68.